The van der Waals surface area contributed by atoms with Gasteiger partial charge in [-0.1, -0.05) is 19.8 Å². The van der Waals surface area contributed by atoms with Gasteiger partial charge in [-0.3, -0.25) is 4.79 Å². The molecule has 0 aromatic heterocycles. The molecule has 0 N–H and O–H groups in total. The molecule has 4 heteroatoms. The van der Waals surface area contributed by atoms with Gasteiger partial charge in [0.25, 0.3) is 0 Å². The molecule has 0 aromatic carbocycles. The summed E-state index contributed by atoms with van der Waals surface area (Å²) in [7, 11) is 0. The highest BCUT2D eigenvalue weighted by atomic mass is 16.7. The molecular formula is C13H20O4. The lowest BCUT2D eigenvalue weighted by Crippen LogP contribution is -2.32. The number of unbranched alkanes of at least 4 members (excludes halogenated alkanes) is 2. The molecule has 0 unspecified atom stereocenters. The number of cyclic esters (lactones) is 1. The van der Waals surface area contributed by atoms with Crippen molar-refractivity contribution >= 4 is 5.97 Å². The smallest absolute Gasteiger partial charge is 0.314 e. The number of carbonyl (C=O) groups excluding carboxylic acids is 1. The van der Waals surface area contributed by atoms with Crippen LogP contribution in [0.5, 0.6) is 0 Å². The molecule has 4 nitrogen and oxygen atoms in total. The summed E-state index contributed by atoms with van der Waals surface area (Å²) in [6, 6.07) is 0. The molecule has 0 spiro atoms. The van der Waals surface area contributed by atoms with Crippen LogP contribution in [0, 0.1) is 11.8 Å². The van der Waals surface area contributed by atoms with Gasteiger partial charge in [-0.2, -0.15) is 0 Å². The van der Waals surface area contributed by atoms with E-state index in [4.69, 9.17) is 14.2 Å². The Balaban J connectivity index is 1.58. The molecular weight excluding hydrogens is 220 g/mol. The minimum Gasteiger partial charge on any atom is -0.435 e. The quantitative estimate of drug-likeness (QED) is 0.543. The maximum Gasteiger partial charge on any atom is 0.314 e. The Bertz CT molecular complexity index is 304. The first kappa shape index (κ1) is 11.5. The van der Waals surface area contributed by atoms with Gasteiger partial charge in [0.15, 0.2) is 0 Å². The topological polar surface area (TPSA) is 44.8 Å². The highest BCUT2D eigenvalue weighted by molar-refractivity contribution is 5.76. The second-order valence-corrected chi connectivity index (χ2v) is 5.28. The molecule has 3 fully saturated rings. The van der Waals surface area contributed by atoms with Gasteiger partial charge in [0, 0.05) is 0 Å². The van der Waals surface area contributed by atoms with Crippen LogP contribution in [0.4, 0.5) is 0 Å². The normalized spacial score (nSPS) is 42.9. The molecule has 0 aromatic rings. The monoisotopic (exact) mass is 240 g/mol. The first-order valence-electron chi connectivity index (χ1n) is 6.79. The van der Waals surface area contributed by atoms with Crippen molar-refractivity contribution < 1.29 is 19.0 Å². The third-order valence-corrected chi connectivity index (χ3v) is 4.18. The van der Waals surface area contributed by atoms with Crippen molar-refractivity contribution in [2.45, 2.75) is 57.5 Å². The van der Waals surface area contributed by atoms with E-state index >= 15 is 0 Å². The van der Waals surface area contributed by atoms with Crippen LogP contribution in [0.25, 0.3) is 0 Å². The van der Waals surface area contributed by atoms with E-state index in [0.717, 1.165) is 25.7 Å². The molecule has 2 bridgehead atoms. The summed E-state index contributed by atoms with van der Waals surface area (Å²) in [6.07, 6.45) is 5.37. The molecule has 0 saturated carbocycles. The predicted octanol–water partition coefficient (Wildman–Crippen LogP) is 1.87. The van der Waals surface area contributed by atoms with E-state index in [1.54, 1.807) is 0 Å². The van der Waals surface area contributed by atoms with Crippen LogP contribution < -0.4 is 0 Å². The van der Waals surface area contributed by atoms with Gasteiger partial charge in [0.2, 0.25) is 6.29 Å². The minimum atomic E-state index is -0.348. The number of carbonyl (C=O) groups is 1. The van der Waals surface area contributed by atoms with Crippen molar-refractivity contribution in [1.82, 2.24) is 0 Å². The number of hydrogen-bond donors (Lipinski definition) is 0. The molecule has 5 atom stereocenters. The summed E-state index contributed by atoms with van der Waals surface area (Å²) in [5.74, 6) is -0.00417. The molecule has 3 rings (SSSR count). The number of ether oxygens (including phenoxy) is 3. The van der Waals surface area contributed by atoms with Crippen LogP contribution in [0.3, 0.4) is 0 Å². The van der Waals surface area contributed by atoms with Crippen molar-refractivity contribution in [2.24, 2.45) is 11.8 Å². The van der Waals surface area contributed by atoms with Crippen LogP contribution in [0.2, 0.25) is 0 Å². The maximum atomic E-state index is 11.8. The summed E-state index contributed by atoms with van der Waals surface area (Å²) in [6.45, 7) is 2.85. The molecule has 3 heterocycles. The summed E-state index contributed by atoms with van der Waals surface area (Å²) in [5.41, 5.74) is 0. The predicted molar refractivity (Wildman–Crippen MR) is 60.2 cm³/mol. The van der Waals surface area contributed by atoms with Gasteiger partial charge in [0.05, 0.1) is 30.7 Å². The van der Waals surface area contributed by atoms with Crippen LogP contribution in [-0.4, -0.2) is 31.1 Å². The van der Waals surface area contributed by atoms with Crippen LogP contribution in [0.15, 0.2) is 0 Å². The summed E-state index contributed by atoms with van der Waals surface area (Å²) in [4.78, 5) is 11.8. The van der Waals surface area contributed by atoms with Crippen molar-refractivity contribution in [3.8, 4) is 0 Å². The fraction of sp³-hybridized carbons (Fsp3) is 0.923. The molecule has 3 aliphatic rings. The Morgan fingerprint density at radius 3 is 2.94 bits per heavy atom. The number of hydrogen-bond acceptors (Lipinski definition) is 4. The average molecular weight is 240 g/mol. The van der Waals surface area contributed by atoms with Gasteiger partial charge >= 0.3 is 5.97 Å². The van der Waals surface area contributed by atoms with Crippen molar-refractivity contribution in [3.05, 3.63) is 0 Å². The largest absolute Gasteiger partial charge is 0.435 e. The Morgan fingerprint density at radius 2 is 2.12 bits per heavy atom. The zero-order valence-corrected chi connectivity index (χ0v) is 10.3. The van der Waals surface area contributed by atoms with Crippen molar-refractivity contribution in [3.63, 3.8) is 0 Å². The van der Waals surface area contributed by atoms with E-state index in [1.165, 1.54) is 6.42 Å². The van der Waals surface area contributed by atoms with Crippen LogP contribution in [0.1, 0.15) is 39.0 Å². The number of rotatable bonds is 5. The molecule has 0 amide bonds. The van der Waals surface area contributed by atoms with Gasteiger partial charge in [-0.15, -0.1) is 0 Å². The van der Waals surface area contributed by atoms with Gasteiger partial charge < -0.3 is 14.2 Å². The number of fused-ring (bicyclic) bond motifs is 5. The minimum absolute atomic E-state index is 0.0510. The third kappa shape index (κ3) is 1.87. The lowest BCUT2D eigenvalue weighted by molar-refractivity contribution is -0.174. The second kappa shape index (κ2) is 4.58. The first-order valence-corrected chi connectivity index (χ1v) is 6.79. The standard InChI is InChI=1S/C13H20O4/c1-2-3-4-7-15-13-11-9-6-5-8(16-9)10(11)12(14)17-13/h8-11,13H,2-7H2,1H3/t8-,9+,10-,11+,13+/m1/s1. The summed E-state index contributed by atoms with van der Waals surface area (Å²) in [5, 5.41) is 0. The molecule has 3 aliphatic heterocycles. The Kier molecular flexibility index (Phi) is 3.09. The lowest BCUT2D eigenvalue weighted by atomic mass is 9.81. The van der Waals surface area contributed by atoms with Gasteiger partial charge in [-0.05, 0) is 19.3 Å². The zero-order valence-electron chi connectivity index (χ0n) is 10.3. The SMILES string of the molecule is CCCCCO[C@H]1OC(=O)[C@H]2[C@@H]1[C@@H]1CC[C@H]2O1. The van der Waals surface area contributed by atoms with E-state index in [2.05, 4.69) is 6.92 Å². The summed E-state index contributed by atoms with van der Waals surface area (Å²) < 4.78 is 16.9. The maximum absolute atomic E-state index is 11.8. The fourth-order valence-electron chi connectivity index (χ4n) is 3.34. The molecule has 17 heavy (non-hydrogen) atoms. The average Bonchev–Trinajstić information content (AvgIpc) is 2.98. The van der Waals surface area contributed by atoms with Gasteiger partial charge in [-0.25, -0.2) is 0 Å². The zero-order chi connectivity index (χ0) is 11.8. The Hall–Kier alpha value is -0.610. The van der Waals surface area contributed by atoms with E-state index < -0.39 is 0 Å². The van der Waals surface area contributed by atoms with E-state index in [9.17, 15) is 4.79 Å². The Labute approximate surface area is 102 Å². The van der Waals surface area contributed by atoms with Crippen molar-refractivity contribution in [2.75, 3.05) is 6.61 Å². The van der Waals surface area contributed by atoms with Gasteiger partial charge in [0.1, 0.15) is 0 Å². The summed E-state index contributed by atoms with van der Waals surface area (Å²) >= 11 is 0. The van der Waals surface area contributed by atoms with E-state index in [0.29, 0.717) is 6.61 Å². The highest BCUT2D eigenvalue weighted by Gasteiger charge is 2.61. The highest BCUT2D eigenvalue weighted by Crippen LogP contribution is 2.49. The molecule has 3 saturated heterocycles. The lowest BCUT2D eigenvalue weighted by Gasteiger charge is -2.22. The van der Waals surface area contributed by atoms with E-state index in [1.807, 2.05) is 0 Å². The third-order valence-electron chi connectivity index (χ3n) is 4.18. The first-order chi connectivity index (χ1) is 8.31. The second-order valence-electron chi connectivity index (χ2n) is 5.28. The molecule has 0 aliphatic carbocycles. The van der Waals surface area contributed by atoms with Crippen LogP contribution in [-0.2, 0) is 19.0 Å². The fourth-order valence-corrected chi connectivity index (χ4v) is 3.34. The van der Waals surface area contributed by atoms with E-state index in [-0.39, 0.29) is 36.3 Å². The molecule has 96 valence electrons. The van der Waals surface area contributed by atoms with Crippen LogP contribution >= 0.6 is 0 Å². The van der Waals surface area contributed by atoms with Crippen molar-refractivity contribution in [1.29, 1.82) is 0 Å². The number of esters is 1. The molecule has 0 radical (unpaired) electrons. The Morgan fingerprint density at radius 1 is 1.29 bits per heavy atom.